The topological polar surface area (TPSA) is 29.1 Å². The second-order valence-electron chi connectivity index (χ2n) is 3.61. The normalized spacial score (nSPS) is 18.3. The molecule has 1 aromatic rings. The van der Waals surface area contributed by atoms with Crippen LogP contribution in [0.15, 0.2) is 30.9 Å². The van der Waals surface area contributed by atoms with Crippen LogP contribution in [-0.4, -0.2) is 5.91 Å². The molecule has 0 unspecified atom stereocenters. The summed E-state index contributed by atoms with van der Waals surface area (Å²) in [7, 11) is 0. The molecule has 1 amide bonds. The van der Waals surface area contributed by atoms with E-state index >= 15 is 0 Å². The Hall–Kier alpha value is -1.28. The Morgan fingerprint density at radius 3 is 3.13 bits per heavy atom. The Kier molecular flexibility index (Phi) is 2.78. The molecule has 1 aliphatic rings. The van der Waals surface area contributed by atoms with Gasteiger partial charge in [-0.1, -0.05) is 30.3 Å². The van der Waals surface area contributed by atoms with E-state index in [9.17, 15) is 4.79 Å². The van der Waals surface area contributed by atoms with Crippen molar-refractivity contribution in [2.75, 3.05) is 0 Å². The van der Waals surface area contributed by atoms with Crippen LogP contribution in [0.4, 0.5) is 0 Å². The van der Waals surface area contributed by atoms with Gasteiger partial charge in [0.2, 0.25) is 5.91 Å². The number of fused-ring (bicyclic) bond motifs is 1. The van der Waals surface area contributed by atoms with Crippen LogP contribution in [0.25, 0.3) is 0 Å². The number of halogens is 1. The molecule has 0 aromatic heterocycles. The van der Waals surface area contributed by atoms with Crippen LogP contribution >= 0.6 is 11.6 Å². The van der Waals surface area contributed by atoms with E-state index in [0.29, 0.717) is 0 Å². The fourth-order valence-corrected chi connectivity index (χ4v) is 2.27. The second-order valence-corrected chi connectivity index (χ2v) is 4.02. The highest BCUT2D eigenvalue weighted by Crippen LogP contribution is 2.35. The maximum absolute atomic E-state index is 11.2. The maximum Gasteiger partial charge on any atom is 0.243 e. The Morgan fingerprint density at radius 2 is 2.40 bits per heavy atom. The molecule has 1 aliphatic carbocycles. The first kappa shape index (κ1) is 10.2. The van der Waals surface area contributed by atoms with Gasteiger partial charge in [0.1, 0.15) is 0 Å². The van der Waals surface area contributed by atoms with E-state index in [1.807, 2.05) is 18.2 Å². The molecule has 0 radical (unpaired) electrons. The molecule has 1 N–H and O–H groups in total. The molecule has 1 aromatic carbocycles. The Balaban J connectivity index is 2.25. The van der Waals surface area contributed by atoms with Crippen molar-refractivity contribution in [3.63, 3.8) is 0 Å². The quantitative estimate of drug-likeness (QED) is 0.765. The lowest BCUT2D eigenvalue weighted by atomic mass is 10.1. The lowest BCUT2D eigenvalue weighted by Crippen LogP contribution is -2.24. The van der Waals surface area contributed by atoms with Crippen LogP contribution in [0.1, 0.15) is 23.6 Å². The first-order valence-electron chi connectivity index (χ1n) is 4.92. The molecule has 78 valence electrons. The van der Waals surface area contributed by atoms with Crippen LogP contribution in [0.3, 0.4) is 0 Å². The summed E-state index contributed by atoms with van der Waals surface area (Å²) in [6.07, 6.45) is 3.14. The smallest absolute Gasteiger partial charge is 0.243 e. The van der Waals surface area contributed by atoms with Crippen molar-refractivity contribution < 1.29 is 4.79 Å². The van der Waals surface area contributed by atoms with Gasteiger partial charge in [-0.3, -0.25) is 4.79 Å². The first-order chi connectivity index (χ1) is 7.22. The predicted molar refractivity (Wildman–Crippen MR) is 60.9 cm³/mol. The Bertz CT molecular complexity index is 414. The van der Waals surface area contributed by atoms with Gasteiger partial charge in [0.25, 0.3) is 0 Å². The highest BCUT2D eigenvalue weighted by atomic mass is 35.5. The van der Waals surface area contributed by atoms with E-state index in [1.54, 1.807) is 0 Å². The molecular formula is C12H12ClNO. The zero-order valence-electron chi connectivity index (χ0n) is 8.29. The SMILES string of the molecule is C=CC(=O)N[C@@H]1CCc2c(Cl)cccc21. The van der Waals surface area contributed by atoms with Gasteiger partial charge < -0.3 is 5.32 Å². The predicted octanol–water partition coefficient (Wildman–Crippen LogP) is 2.63. The van der Waals surface area contributed by atoms with Gasteiger partial charge in [-0.2, -0.15) is 0 Å². The fraction of sp³-hybridized carbons (Fsp3) is 0.250. The highest BCUT2D eigenvalue weighted by Gasteiger charge is 2.24. The number of hydrogen-bond donors (Lipinski definition) is 1. The summed E-state index contributed by atoms with van der Waals surface area (Å²) in [6.45, 7) is 3.44. The second kappa shape index (κ2) is 4.07. The number of nitrogens with one attached hydrogen (secondary N) is 1. The number of carbonyl (C=O) groups is 1. The van der Waals surface area contributed by atoms with Crippen LogP contribution in [0.2, 0.25) is 5.02 Å². The van der Waals surface area contributed by atoms with Crippen LogP contribution in [-0.2, 0) is 11.2 Å². The molecule has 3 heteroatoms. The summed E-state index contributed by atoms with van der Waals surface area (Å²) >= 11 is 6.07. The molecule has 1 atom stereocenters. The first-order valence-corrected chi connectivity index (χ1v) is 5.30. The fourth-order valence-electron chi connectivity index (χ4n) is 1.99. The van der Waals surface area contributed by atoms with Crippen molar-refractivity contribution in [1.82, 2.24) is 5.32 Å². The van der Waals surface area contributed by atoms with E-state index < -0.39 is 0 Å². The van der Waals surface area contributed by atoms with Crippen LogP contribution < -0.4 is 5.32 Å². The van der Waals surface area contributed by atoms with Crippen molar-refractivity contribution in [1.29, 1.82) is 0 Å². The van der Waals surface area contributed by atoms with Gasteiger partial charge in [-0.25, -0.2) is 0 Å². The van der Waals surface area contributed by atoms with Gasteiger partial charge in [-0.05, 0) is 36.1 Å². The number of amides is 1. The van der Waals surface area contributed by atoms with Gasteiger partial charge in [0.15, 0.2) is 0 Å². The molecule has 0 aliphatic heterocycles. The van der Waals surface area contributed by atoms with Crippen molar-refractivity contribution >= 4 is 17.5 Å². The number of rotatable bonds is 2. The minimum Gasteiger partial charge on any atom is -0.346 e. The number of benzene rings is 1. The molecule has 0 saturated carbocycles. The summed E-state index contributed by atoms with van der Waals surface area (Å²) < 4.78 is 0. The maximum atomic E-state index is 11.2. The zero-order chi connectivity index (χ0) is 10.8. The summed E-state index contributed by atoms with van der Waals surface area (Å²) in [6, 6.07) is 5.91. The van der Waals surface area contributed by atoms with E-state index in [4.69, 9.17) is 11.6 Å². The Morgan fingerprint density at radius 1 is 1.60 bits per heavy atom. The third kappa shape index (κ3) is 1.90. The highest BCUT2D eigenvalue weighted by molar-refractivity contribution is 6.31. The van der Waals surface area contributed by atoms with Crippen molar-refractivity contribution in [2.24, 2.45) is 0 Å². The molecule has 2 rings (SSSR count). The van der Waals surface area contributed by atoms with Gasteiger partial charge in [0, 0.05) is 5.02 Å². The third-order valence-electron chi connectivity index (χ3n) is 2.72. The number of hydrogen-bond acceptors (Lipinski definition) is 1. The van der Waals surface area contributed by atoms with E-state index in [2.05, 4.69) is 11.9 Å². The van der Waals surface area contributed by atoms with Crippen LogP contribution in [0.5, 0.6) is 0 Å². The average Bonchev–Trinajstić information content (AvgIpc) is 2.63. The molecule has 0 fully saturated rings. The van der Waals surface area contributed by atoms with E-state index in [0.717, 1.165) is 29.0 Å². The van der Waals surface area contributed by atoms with Crippen molar-refractivity contribution in [3.8, 4) is 0 Å². The molecular weight excluding hydrogens is 210 g/mol. The van der Waals surface area contributed by atoms with Gasteiger partial charge in [0.05, 0.1) is 6.04 Å². The van der Waals surface area contributed by atoms with Crippen molar-refractivity contribution in [2.45, 2.75) is 18.9 Å². The summed E-state index contributed by atoms with van der Waals surface area (Å²) in [5.74, 6) is -0.132. The zero-order valence-corrected chi connectivity index (χ0v) is 9.05. The number of carbonyl (C=O) groups excluding carboxylic acids is 1. The van der Waals surface area contributed by atoms with Crippen molar-refractivity contribution in [3.05, 3.63) is 47.0 Å². The Labute approximate surface area is 93.9 Å². The summed E-state index contributed by atoms with van der Waals surface area (Å²) in [4.78, 5) is 11.2. The third-order valence-corrected chi connectivity index (χ3v) is 3.07. The van der Waals surface area contributed by atoms with E-state index in [-0.39, 0.29) is 11.9 Å². The monoisotopic (exact) mass is 221 g/mol. The van der Waals surface area contributed by atoms with Gasteiger partial charge >= 0.3 is 0 Å². The van der Waals surface area contributed by atoms with E-state index in [1.165, 1.54) is 6.08 Å². The minimum absolute atomic E-state index is 0.0872. The average molecular weight is 222 g/mol. The molecule has 0 saturated heterocycles. The lowest BCUT2D eigenvalue weighted by Gasteiger charge is -2.12. The molecule has 0 heterocycles. The lowest BCUT2D eigenvalue weighted by molar-refractivity contribution is -0.117. The van der Waals surface area contributed by atoms with Gasteiger partial charge in [-0.15, -0.1) is 0 Å². The molecule has 15 heavy (non-hydrogen) atoms. The molecule has 0 bridgehead atoms. The van der Waals surface area contributed by atoms with Crippen LogP contribution in [0, 0.1) is 0 Å². The standard InChI is InChI=1S/C12H12ClNO/c1-2-12(15)14-11-7-6-8-9(11)4-3-5-10(8)13/h2-5,11H,1,6-7H2,(H,14,15)/t11-/m1/s1. The minimum atomic E-state index is -0.132. The summed E-state index contributed by atoms with van der Waals surface area (Å²) in [5.41, 5.74) is 2.30. The largest absolute Gasteiger partial charge is 0.346 e. The summed E-state index contributed by atoms with van der Waals surface area (Å²) in [5, 5.41) is 3.69. The molecule has 0 spiro atoms. The molecule has 2 nitrogen and oxygen atoms in total.